The molecule has 0 saturated carbocycles. The lowest BCUT2D eigenvalue weighted by atomic mass is 9.97. The molecule has 4 rings (SSSR count). The predicted molar refractivity (Wildman–Crippen MR) is 170 cm³/mol. The Morgan fingerprint density at radius 3 is 2.53 bits per heavy atom. The van der Waals surface area contributed by atoms with Gasteiger partial charge in [-0.3, -0.25) is 24.5 Å². The first-order valence-electron chi connectivity index (χ1n) is 14.4. The number of amidine groups is 1. The molecule has 2 aliphatic rings. The van der Waals surface area contributed by atoms with Gasteiger partial charge in [-0.15, -0.1) is 0 Å². The van der Waals surface area contributed by atoms with Gasteiger partial charge in [0, 0.05) is 44.1 Å². The Bertz CT molecular complexity index is 1520. The molecule has 1 fully saturated rings. The van der Waals surface area contributed by atoms with Gasteiger partial charge in [-0.1, -0.05) is 32.0 Å². The van der Waals surface area contributed by atoms with Crippen LogP contribution in [0.15, 0.2) is 53.6 Å². The molecule has 2 atom stereocenters. The number of anilines is 2. The Morgan fingerprint density at radius 1 is 1.30 bits per heavy atom. The van der Waals surface area contributed by atoms with Crippen molar-refractivity contribution in [1.29, 1.82) is 0 Å². The number of hydrogen-bond donors (Lipinski definition) is 1. The maximum atomic E-state index is 15.2. The molecule has 2 amide bonds. The second-order valence-corrected chi connectivity index (χ2v) is 11.7. The number of carbonyl (C=O) groups is 2. The van der Waals surface area contributed by atoms with Crippen molar-refractivity contribution < 1.29 is 14.0 Å². The average Bonchev–Trinajstić information content (AvgIpc) is 2.96. The molecule has 43 heavy (non-hydrogen) atoms. The van der Waals surface area contributed by atoms with E-state index in [1.807, 2.05) is 40.7 Å². The van der Waals surface area contributed by atoms with E-state index in [0.717, 1.165) is 5.56 Å². The molecule has 3 heterocycles. The average molecular weight is 608 g/mol. The maximum absolute atomic E-state index is 15.2. The molecule has 0 spiro atoms. The van der Waals surface area contributed by atoms with Crippen LogP contribution in [-0.2, 0) is 9.59 Å². The van der Waals surface area contributed by atoms with Crippen LogP contribution in [0.3, 0.4) is 0 Å². The summed E-state index contributed by atoms with van der Waals surface area (Å²) >= 11 is 6.87. The van der Waals surface area contributed by atoms with E-state index in [2.05, 4.69) is 21.5 Å². The van der Waals surface area contributed by atoms with E-state index in [1.54, 1.807) is 24.2 Å². The van der Waals surface area contributed by atoms with Crippen molar-refractivity contribution >= 4 is 46.8 Å². The predicted octanol–water partition coefficient (Wildman–Crippen LogP) is 5.66. The number of carbonyl (C=O) groups excluding carboxylic acids is 2. The zero-order valence-electron chi connectivity index (χ0n) is 25.6. The second-order valence-electron chi connectivity index (χ2n) is 11.3. The number of pyridine rings is 2. The van der Waals surface area contributed by atoms with E-state index in [0.29, 0.717) is 60.8 Å². The van der Waals surface area contributed by atoms with E-state index in [9.17, 15) is 9.59 Å². The number of aliphatic imine (C=N–C) groups is 1. The summed E-state index contributed by atoms with van der Waals surface area (Å²) in [5.41, 5.74) is 9.45. The highest BCUT2D eigenvalue weighted by molar-refractivity contribution is 6.33. The molecule has 2 aromatic heterocycles. The van der Waals surface area contributed by atoms with Crippen molar-refractivity contribution in [2.75, 3.05) is 25.0 Å². The van der Waals surface area contributed by atoms with Crippen LogP contribution in [0, 0.1) is 6.92 Å². The number of amides is 2. The van der Waals surface area contributed by atoms with Gasteiger partial charge in [-0.25, -0.2) is 9.37 Å². The summed E-state index contributed by atoms with van der Waals surface area (Å²) in [6.45, 7) is 14.4. The molecule has 0 radical (unpaired) electrons. The molecule has 2 unspecified atom stereocenters. The fourth-order valence-electron chi connectivity index (χ4n) is 5.94. The zero-order chi connectivity index (χ0) is 31.6. The number of nitrogens with two attached hydrogens (primary N) is 1. The van der Waals surface area contributed by atoms with Gasteiger partial charge in [0.2, 0.25) is 12.3 Å². The summed E-state index contributed by atoms with van der Waals surface area (Å²) < 4.78 is 15.2. The number of aryl methyl sites for hydroxylation is 1. The van der Waals surface area contributed by atoms with Crippen LogP contribution < -0.4 is 10.6 Å². The minimum atomic E-state index is -0.510. The number of halogens is 2. The van der Waals surface area contributed by atoms with Crippen LogP contribution in [0.2, 0.25) is 5.02 Å². The Labute approximate surface area is 257 Å². The lowest BCUT2D eigenvalue weighted by Crippen LogP contribution is -2.59. The van der Waals surface area contributed by atoms with Gasteiger partial charge in [-0.05, 0) is 69.4 Å². The van der Waals surface area contributed by atoms with Crippen LogP contribution in [0.5, 0.6) is 0 Å². The van der Waals surface area contributed by atoms with Crippen LogP contribution >= 0.6 is 11.6 Å². The minimum Gasteiger partial charge on any atom is -0.401 e. The second kappa shape index (κ2) is 13.1. The maximum Gasteiger partial charge on any atom is 0.246 e. The van der Waals surface area contributed by atoms with Gasteiger partial charge < -0.3 is 15.5 Å². The summed E-state index contributed by atoms with van der Waals surface area (Å²) in [6, 6.07) is 3.20. The Morgan fingerprint density at radius 2 is 1.98 bits per heavy atom. The summed E-state index contributed by atoms with van der Waals surface area (Å²) in [5.74, 6) is 0.0828. The third-order valence-corrected chi connectivity index (χ3v) is 8.16. The van der Waals surface area contributed by atoms with Crippen molar-refractivity contribution in [3.8, 4) is 0 Å². The molecule has 11 heteroatoms. The highest BCUT2D eigenvalue weighted by Crippen LogP contribution is 2.40. The molecular formula is C32H39ClFN7O2. The van der Waals surface area contributed by atoms with Crippen LogP contribution in [-0.4, -0.2) is 70.1 Å². The van der Waals surface area contributed by atoms with E-state index < -0.39 is 5.83 Å². The van der Waals surface area contributed by atoms with Gasteiger partial charge in [0.15, 0.2) is 5.82 Å². The first kappa shape index (κ1) is 31.9. The first-order valence-corrected chi connectivity index (χ1v) is 14.7. The number of nitrogens with zero attached hydrogens (tertiary/aromatic N) is 6. The number of rotatable bonds is 7. The number of allylic oxidation sites excluding steroid dienone is 4. The summed E-state index contributed by atoms with van der Waals surface area (Å²) in [4.78, 5) is 44.9. The molecule has 228 valence electrons. The van der Waals surface area contributed by atoms with Gasteiger partial charge in [0.1, 0.15) is 11.7 Å². The van der Waals surface area contributed by atoms with Gasteiger partial charge in [-0.2, -0.15) is 0 Å². The van der Waals surface area contributed by atoms with E-state index in [1.165, 1.54) is 17.1 Å². The quantitative estimate of drug-likeness (QED) is 0.188. The highest BCUT2D eigenvalue weighted by Gasteiger charge is 2.36. The number of piperazine rings is 1. The van der Waals surface area contributed by atoms with E-state index in [-0.39, 0.29) is 46.0 Å². The normalized spacial score (nSPS) is 19.5. The molecule has 2 aromatic rings. The zero-order valence-corrected chi connectivity index (χ0v) is 26.3. The monoisotopic (exact) mass is 607 g/mol. The largest absolute Gasteiger partial charge is 0.401 e. The van der Waals surface area contributed by atoms with Crippen molar-refractivity contribution in [3.63, 3.8) is 0 Å². The van der Waals surface area contributed by atoms with Crippen molar-refractivity contribution in [2.45, 2.75) is 65.5 Å². The Balaban J connectivity index is 1.99. The van der Waals surface area contributed by atoms with Gasteiger partial charge >= 0.3 is 0 Å². The van der Waals surface area contributed by atoms with Crippen LogP contribution in [0.1, 0.15) is 69.0 Å². The smallest absolute Gasteiger partial charge is 0.246 e. The molecule has 1 aliphatic carbocycles. The molecule has 2 N–H and O–H groups in total. The molecule has 0 bridgehead atoms. The topological polar surface area (TPSA) is 108 Å². The van der Waals surface area contributed by atoms with Gasteiger partial charge in [0.05, 0.1) is 33.2 Å². The molecule has 1 aliphatic heterocycles. The van der Waals surface area contributed by atoms with E-state index >= 15 is 4.39 Å². The molecule has 9 nitrogen and oxygen atoms in total. The fourth-order valence-corrected chi connectivity index (χ4v) is 6.19. The lowest BCUT2D eigenvalue weighted by molar-refractivity contribution is -0.129. The SMILES string of the molecule is C=CC(=O)N1CC(C)N(C(=NC)c2cc(Cl)c(C3=C(N)CCC=C3F)nc2N(C=O)c2c(C)ccnc2C(C)C)C(C)C1. The van der Waals surface area contributed by atoms with Crippen molar-refractivity contribution in [3.05, 3.63) is 76.1 Å². The molecule has 1 saturated heterocycles. The third-order valence-electron chi connectivity index (χ3n) is 7.87. The first-order chi connectivity index (χ1) is 20.4. The summed E-state index contributed by atoms with van der Waals surface area (Å²) in [5, 5.41) is 0.168. The number of aromatic nitrogens is 2. The van der Waals surface area contributed by atoms with Crippen LogP contribution in [0.4, 0.5) is 15.9 Å². The number of hydrogen-bond acceptors (Lipinski definition) is 6. The Hall–Kier alpha value is -4.05. The molecule has 0 aromatic carbocycles. The van der Waals surface area contributed by atoms with Gasteiger partial charge in [0.25, 0.3) is 0 Å². The Kier molecular flexibility index (Phi) is 9.69. The van der Waals surface area contributed by atoms with Crippen molar-refractivity contribution in [2.24, 2.45) is 10.7 Å². The summed E-state index contributed by atoms with van der Waals surface area (Å²) in [6.07, 6.45) is 6.10. The lowest BCUT2D eigenvalue weighted by Gasteiger charge is -2.46. The van der Waals surface area contributed by atoms with Crippen LogP contribution in [0.25, 0.3) is 5.57 Å². The van der Waals surface area contributed by atoms with Crippen molar-refractivity contribution in [1.82, 2.24) is 19.8 Å². The molecular weight excluding hydrogens is 569 g/mol. The minimum absolute atomic E-state index is 0.0144. The fraction of sp³-hybridized carbons (Fsp3) is 0.406. The highest BCUT2D eigenvalue weighted by atomic mass is 35.5. The van der Waals surface area contributed by atoms with E-state index in [4.69, 9.17) is 22.3 Å². The summed E-state index contributed by atoms with van der Waals surface area (Å²) in [7, 11) is 1.66. The standard InChI is InChI=1S/C32H39ClFN7O2/c1-8-26(43)39-15-20(5)41(21(6)16-39)31(36-7)22-14-23(33)29(27-24(34)10-9-11-25(27)35)38-32(22)40(17-42)30-19(4)12-13-37-28(30)18(2)3/h8,10,12-14,17-18,20-21H,1,9,11,15-16,35H2,2-7H3. The third kappa shape index (κ3) is 6.06.